The lowest BCUT2D eigenvalue weighted by molar-refractivity contribution is -0.121. The molecule has 0 bridgehead atoms. The van der Waals surface area contributed by atoms with Crippen molar-refractivity contribution >= 4 is 5.91 Å². The molecule has 2 nitrogen and oxygen atoms in total. The van der Waals surface area contributed by atoms with Crippen LogP contribution in [0.4, 0.5) is 4.39 Å². The van der Waals surface area contributed by atoms with Gasteiger partial charge in [-0.05, 0) is 36.1 Å². The fourth-order valence-corrected chi connectivity index (χ4v) is 2.28. The quantitative estimate of drug-likeness (QED) is 0.853. The number of aryl methyl sites for hydroxylation is 1. The van der Waals surface area contributed by atoms with Crippen molar-refractivity contribution in [2.45, 2.75) is 32.2 Å². The van der Waals surface area contributed by atoms with Crippen LogP contribution in [0, 0.1) is 5.82 Å². The van der Waals surface area contributed by atoms with Crippen molar-refractivity contribution in [2.75, 3.05) is 0 Å². The Morgan fingerprint density at radius 3 is 2.38 bits per heavy atom. The Morgan fingerprint density at radius 2 is 1.76 bits per heavy atom. The molecule has 0 fully saturated rings. The number of nitrogens with one attached hydrogen (secondary N) is 1. The van der Waals surface area contributed by atoms with Crippen molar-refractivity contribution < 1.29 is 9.18 Å². The monoisotopic (exact) mass is 285 g/mol. The minimum Gasteiger partial charge on any atom is -0.349 e. The van der Waals surface area contributed by atoms with Gasteiger partial charge in [0.1, 0.15) is 5.82 Å². The summed E-state index contributed by atoms with van der Waals surface area (Å²) in [7, 11) is 0. The highest BCUT2D eigenvalue weighted by atomic mass is 19.1. The van der Waals surface area contributed by atoms with Gasteiger partial charge in [0.2, 0.25) is 5.91 Å². The minimum absolute atomic E-state index is 0.0232. The molecule has 1 atom stereocenters. The molecule has 0 aliphatic carbocycles. The molecule has 0 saturated carbocycles. The van der Waals surface area contributed by atoms with E-state index in [1.165, 1.54) is 12.1 Å². The highest BCUT2D eigenvalue weighted by molar-refractivity contribution is 5.76. The Hall–Kier alpha value is -2.16. The van der Waals surface area contributed by atoms with E-state index in [0.717, 1.165) is 17.5 Å². The van der Waals surface area contributed by atoms with Crippen molar-refractivity contribution in [2.24, 2.45) is 0 Å². The van der Waals surface area contributed by atoms with Crippen LogP contribution in [0.1, 0.15) is 36.9 Å². The Morgan fingerprint density at radius 1 is 1.10 bits per heavy atom. The molecule has 1 amide bonds. The third-order valence-electron chi connectivity index (χ3n) is 3.50. The summed E-state index contributed by atoms with van der Waals surface area (Å²) < 4.78 is 12.8. The third-order valence-corrected chi connectivity index (χ3v) is 3.50. The second-order valence-corrected chi connectivity index (χ2v) is 5.07. The molecule has 1 N–H and O–H groups in total. The lowest BCUT2D eigenvalue weighted by atomic mass is 10.0. The molecule has 2 rings (SSSR count). The SMILES string of the molecule is CC[C@@H](NC(=O)CCc1ccc(F)cc1)c1ccccc1. The molecule has 0 aliphatic rings. The van der Waals surface area contributed by atoms with Gasteiger partial charge in [0, 0.05) is 6.42 Å². The molecule has 3 heteroatoms. The van der Waals surface area contributed by atoms with Crippen LogP contribution < -0.4 is 5.32 Å². The molecule has 0 saturated heterocycles. The number of rotatable bonds is 6. The normalized spacial score (nSPS) is 11.9. The van der Waals surface area contributed by atoms with E-state index in [4.69, 9.17) is 0 Å². The Bertz CT molecular complexity index is 566. The Balaban J connectivity index is 1.87. The summed E-state index contributed by atoms with van der Waals surface area (Å²) in [5, 5.41) is 3.05. The topological polar surface area (TPSA) is 29.1 Å². The van der Waals surface area contributed by atoms with E-state index in [2.05, 4.69) is 12.2 Å². The number of hydrogen-bond acceptors (Lipinski definition) is 1. The van der Waals surface area contributed by atoms with Gasteiger partial charge in [-0.1, -0.05) is 49.4 Å². The summed E-state index contributed by atoms with van der Waals surface area (Å²) in [4.78, 5) is 12.0. The van der Waals surface area contributed by atoms with Gasteiger partial charge in [-0.25, -0.2) is 4.39 Å². The van der Waals surface area contributed by atoms with Crippen molar-refractivity contribution in [1.29, 1.82) is 0 Å². The molecule has 0 radical (unpaired) electrons. The van der Waals surface area contributed by atoms with E-state index in [1.54, 1.807) is 12.1 Å². The second-order valence-electron chi connectivity index (χ2n) is 5.07. The first kappa shape index (κ1) is 15.2. The van der Waals surface area contributed by atoms with Crippen molar-refractivity contribution in [3.8, 4) is 0 Å². The van der Waals surface area contributed by atoms with Crippen molar-refractivity contribution in [3.05, 3.63) is 71.5 Å². The maximum Gasteiger partial charge on any atom is 0.220 e. The van der Waals surface area contributed by atoms with Gasteiger partial charge in [0.05, 0.1) is 6.04 Å². The van der Waals surface area contributed by atoms with Crippen LogP contribution in [0.2, 0.25) is 0 Å². The first-order chi connectivity index (χ1) is 10.2. The first-order valence-electron chi connectivity index (χ1n) is 7.27. The van der Waals surface area contributed by atoms with E-state index in [1.807, 2.05) is 30.3 Å². The van der Waals surface area contributed by atoms with Crippen molar-refractivity contribution in [3.63, 3.8) is 0 Å². The predicted octanol–water partition coefficient (Wildman–Crippen LogP) is 4.03. The highest BCUT2D eigenvalue weighted by Gasteiger charge is 2.12. The molecule has 0 aliphatic heterocycles. The summed E-state index contributed by atoms with van der Waals surface area (Å²) in [6.07, 6.45) is 1.89. The van der Waals surface area contributed by atoms with Crippen LogP contribution in [0.5, 0.6) is 0 Å². The van der Waals surface area contributed by atoms with Gasteiger partial charge < -0.3 is 5.32 Å². The molecule has 110 valence electrons. The second kappa shape index (κ2) is 7.58. The average Bonchev–Trinajstić information content (AvgIpc) is 2.53. The number of benzene rings is 2. The minimum atomic E-state index is -0.252. The van der Waals surface area contributed by atoms with Gasteiger partial charge in [0.25, 0.3) is 0 Å². The fraction of sp³-hybridized carbons (Fsp3) is 0.278. The summed E-state index contributed by atoms with van der Waals surface area (Å²) in [6.45, 7) is 2.05. The zero-order valence-corrected chi connectivity index (χ0v) is 12.2. The molecule has 2 aromatic carbocycles. The molecule has 0 heterocycles. The van der Waals surface area contributed by atoms with Crippen LogP contribution in [0.3, 0.4) is 0 Å². The lowest BCUT2D eigenvalue weighted by Gasteiger charge is -2.17. The molecule has 21 heavy (non-hydrogen) atoms. The number of hydrogen-bond donors (Lipinski definition) is 1. The Kier molecular flexibility index (Phi) is 5.50. The van der Waals surface area contributed by atoms with Crippen LogP contribution in [0.15, 0.2) is 54.6 Å². The van der Waals surface area contributed by atoms with Crippen LogP contribution >= 0.6 is 0 Å². The van der Waals surface area contributed by atoms with E-state index < -0.39 is 0 Å². The van der Waals surface area contributed by atoms with E-state index in [-0.39, 0.29) is 17.8 Å². The van der Waals surface area contributed by atoms with E-state index in [9.17, 15) is 9.18 Å². The van der Waals surface area contributed by atoms with Gasteiger partial charge in [0.15, 0.2) is 0 Å². The van der Waals surface area contributed by atoms with Gasteiger partial charge in [-0.15, -0.1) is 0 Å². The highest BCUT2D eigenvalue weighted by Crippen LogP contribution is 2.16. The molecule has 0 unspecified atom stereocenters. The van der Waals surface area contributed by atoms with Crippen LogP contribution in [-0.4, -0.2) is 5.91 Å². The van der Waals surface area contributed by atoms with Gasteiger partial charge in [-0.2, -0.15) is 0 Å². The van der Waals surface area contributed by atoms with Crippen LogP contribution in [-0.2, 0) is 11.2 Å². The molecule has 2 aromatic rings. The van der Waals surface area contributed by atoms with E-state index in [0.29, 0.717) is 12.8 Å². The standard InChI is InChI=1S/C18H20FNO/c1-2-17(15-6-4-3-5-7-15)20-18(21)13-10-14-8-11-16(19)12-9-14/h3-9,11-12,17H,2,10,13H2,1H3,(H,20,21)/t17-/m1/s1. The van der Waals surface area contributed by atoms with Gasteiger partial charge in [-0.3, -0.25) is 4.79 Å². The number of halogens is 1. The smallest absolute Gasteiger partial charge is 0.220 e. The van der Waals surface area contributed by atoms with E-state index >= 15 is 0 Å². The summed E-state index contributed by atoms with van der Waals surface area (Å²) in [6, 6.07) is 16.3. The molecule has 0 aromatic heterocycles. The maximum atomic E-state index is 12.8. The lowest BCUT2D eigenvalue weighted by Crippen LogP contribution is -2.28. The largest absolute Gasteiger partial charge is 0.349 e. The number of carbonyl (C=O) groups is 1. The maximum absolute atomic E-state index is 12.8. The average molecular weight is 285 g/mol. The molecule has 0 spiro atoms. The third kappa shape index (κ3) is 4.71. The van der Waals surface area contributed by atoms with Gasteiger partial charge >= 0.3 is 0 Å². The number of amides is 1. The molecular formula is C18H20FNO. The predicted molar refractivity (Wildman–Crippen MR) is 82.3 cm³/mol. The molecular weight excluding hydrogens is 265 g/mol. The number of carbonyl (C=O) groups excluding carboxylic acids is 1. The van der Waals surface area contributed by atoms with Crippen LogP contribution in [0.25, 0.3) is 0 Å². The van der Waals surface area contributed by atoms with Crippen molar-refractivity contribution in [1.82, 2.24) is 5.32 Å². The zero-order valence-electron chi connectivity index (χ0n) is 12.2. The summed E-state index contributed by atoms with van der Waals surface area (Å²) in [5.41, 5.74) is 2.09. The summed E-state index contributed by atoms with van der Waals surface area (Å²) >= 11 is 0. The summed E-state index contributed by atoms with van der Waals surface area (Å²) in [5.74, 6) is -0.228. The zero-order chi connectivity index (χ0) is 15.1. The first-order valence-corrected chi connectivity index (χ1v) is 7.27. The Labute approximate surface area is 125 Å². The fourth-order valence-electron chi connectivity index (χ4n) is 2.28.